The molecular formula is C34H22. The van der Waals surface area contributed by atoms with Gasteiger partial charge in [0, 0.05) is 0 Å². The Hall–Kier alpha value is -4.42. The highest BCUT2D eigenvalue weighted by Crippen LogP contribution is 2.46. The molecule has 0 radical (unpaired) electrons. The van der Waals surface area contributed by atoms with Gasteiger partial charge in [-0.3, -0.25) is 0 Å². The molecule has 0 spiro atoms. The van der Waals surface area contributed by atoms with Crippen LogP contribution in [0.1, 0.15) is 0 Å². The van der Waals surface area contributed by atoms with E-state index in [1.165, 1.54) is 65.3 Å². The van der Waals surface area contributed by atoms with E-state index in [1.54, 1.807) is 0 Å². The Morgan fingerprint density at radius 1 is 0.235 bits per heavy atom. The topological polar surface area (TPSA) is 0 Å². The van der Waals surface area contributed by atoms with Crippen LogP contribution in [0.15, 0.2) is 133 Å². The Labute approximate surface area is 198 Å². The summed E-state index contributed by atoms with van der Waals surface area (Å²) in [5, 5.41) is 10.3. The van der Waals surface area contributed by atoms with E-state index >= 15 is 0 Å². The van der Waals surface area contributed by atoms with Crippen molar-refractivity contribution in [2.24, 2.45) is 0 Å². The molecule has 7 rings (SSSR count). The van der Waals surface area contributed by atoms with Crippen LogP contribution >= 0.6 is 0 Å². The third kappa shape index (κ3) is 2.79. The highest BCUT2D eigenvalue weighted by Gasteiger charge is 2.18. The fourth-order valence-corrected chi connectivity index (χ4v) is 5.60. The van der Waals surface area contributed by atoms with Gasteiger partial charge in [-0.25, -0.2) is 0 Å². The summed E-state index contributed by atoms with van der Waals surface area (Å²) < 4.78 is 0. The molecular weight excluding hydrogens is 408 g/mol. The van der Waals surface area contributed by atoms with Gasteiger partial charge in [0.2, 0.25) is 0 Å². The minimum absolute atomic E-state index is 1.27. The van der Waals surface area contributed by atoms with Crippen molar-refractivity contribution in [2.75, 3.05) is 0 Å². The van der Waals surface area contributed by atoms with E-state index in [0.29, 0.717) is 0 Å². The van der Waals surface area contributed by atoms with Gasteiger partial charge >= 0.3 is 0 Å². The van der Waals surface area contributed by atoms with Crippen LogP contribution < -0.4 is 0 Å². The molecule has 0 saturated carbocycles. The molecule has 0 heteroatoms. The van der Waals surface area contributed by atoms with Crippen molar-refractivity contribution in [2.45, 2.75) is 0 Å². The summed E-state index contributed by atoms with van der Waals surface area (Å²) in [6.45, 7) is 0. The average Bonchev–Trinajstić information content (AvgIpc) is 2.91. The molecule has 0 aliphatic rings. The lowest BCUT2D eigenvalue weighted by molar-refractivity contribution is 1.68. The standard InChI is InChI=1S/C34H22/c1-3-15-25-23(11-1)13-9-21-27(25)33-29-17-5-7-19-31(29)34(32-20-8-6-18-30(32)33)28-22-10-14-24-12-2-4-16-26(24)28/h1-22H. The normalized spacial score (nSPS) is 11.5. The summed E-state index contributed by atoms with van der Waals surface area (Å²) in [5.74, 6) is 0. The molecule has 7 aromatic rings. The van der Waals surface area contributed by atoms with E-state index in [0.717, 1.165) is 0 Å². The Morgan fingerprint density at radius 2 is 0.529 bits per heavy atom. The second kappa shape index (κ2) is 7.57. The van der Waals surface area contributed by atoms with Gasteiger partial charge in [0.25, 0.3) is 0 Å². The number of hydrogen-bond donors (Lipinski definition) is 0. The number of fused-ring (bicyclic) bond motifs is 4. The van der Waals surface area contributed by atoms with Gasteiger partial charge < -0.3 is 0 Å². The monoisotopic (exact) mass is 430 g/mol. The molecule has 0 aromatic heterocycles. The highest BCUT2D eigenvalue weighted by molar-refractivity contribution is 6.25. The largest absolute Gasteiger partial charge is 0.0616 e. The number of benzene rings is 7. The molecule has 158 valence electrons. The maximum Gasteiger partial charge on any atom is -0.00201 e. The second-order valence-corrected chi connectivity index (χ2v) is 8.89. The van der Waals surface area contributed by atoms with Crippen LogP contribution in [0.3, 0.4) is 0 Å². The van der Waals surface area contributed by atoms with Crippen LogP contribution in [0.4, 0.5) is 0 Å². The Balaban J connectivity index is 1.70. The minimum atomic E-state index is 1.27. The zero-order valence-electron chi connectivity index (χ0n) is 18.7. The van der Waals surface area contributed by atoms with E-state index in [4.69, 9.17) is 0 Å². The highest BCUT2D eigenvalue weighted by atomic mass is 14.2. The summed E-state index contributed by atoms with van der Waals surface area (Å²) in [5.41, 5.74) is 5.20. The molecule has 0 saturated heterocycles. The van der Waals surface area contributed by atoms with E-state index < -0.39 is 0 Å². The maximum absolute atomic E-state index is 2.29. The van der Waals surface area contributed by atoms with Crippen LogP contribution in [0.5, 0.6) is 0 Å². The first kappa shape index (κ1) is 19.1. The fourth-order valence-electron chi connectivity index (χ4n) is 5.60. The molecule has 0 unspecified atom stereocenters. The van der Waals surface area contributed by atoms with Crippen molar-refractivity contribution in [3.05, 3.63) is 133 Å². The predicted octanol–water partition coefficient (Wildman–Crippen LogP) is 9.63. The molecule has 0 atom stereocenters. The molecule has 7 aromatic carbocycles. The zero-order valence-corrected chi connectivity index (χ0v) is 18.7. The zero-order chi connectivity index (χ0) is 22.5. The molecule has 0 amide bonds. The minimum Gasteiger partial charge on any atom is -0.0616 e. The summed E-state index contributed by atoms with van der Waals surface area (Å²) in [6, 6.07) is 48.5. The maximum atomic E-state index is 2.29. The van der Waals surface area contributed by atoms with Crippen molar-refractivity contribution < 1.29 is 0 Å². The predicted molar refractivity (Wildman–Crippen MR) is 147 cm³/mol. The summed E-state index contributed by atoms with van der Waals surface area (Å²) in [6.07, 6.45) is 0. The van der Waals surface area contributed by atoms with E-state index in [9.17, 15) is 0 Å². The van der Waals surface area contributed by atoms with E-state index in [1.807, 2.05) is 0 Å². The van der Waals surface area contributed by atoms with Crippen molar-refractivity contribution in [3.8, 4) is 22.3 Å². The van der Waals surface area contributed by atoms with Crippen molar-refractivity contribution in [3.63, 3.8) is 0 Å². The van der Waals surface area contributed by atoms with Gasteiger partial charge in [0.1, 0.15) is 0 Å². The summed E-state index contributed by atoms with van der Waals surface area (Å²) in [4.78, 5) is 0. The van der Waals surface area contributed by atoms with Gasteiger partial charge in [-0.15, -0.1) is 0 Å². The van der Waals surface area contributed by atoms with Gasteiger partial charge in [-0.2, -0.15) is 0 Å². The fraction of sp³-hybridized carbons (Fsp3) is 0. The third-order valence-electron chi connectivity index (χ3n) is 7.05. The second-order valence-electron chi connectivity index (χ2n) is 8.89. The van der Waals surface area contributed by atoms with Gasteiger partial charge in [-0.05, 0) is 65.3 Å². The van der Waals surface area contributed by atoms with Crippen molar-refractivity contribution in [1.82, 2.24) is 0 Å². The van der Waals surface area contributed by atoms with Crippen LogP contribution in [0, 0.1) is 0 Å². The van der Waals surface area contributed by atoms with Crippen molar-refractivity contribution in [1.29, 1.82) is 0 Å². The molecule has 0 fully saturated rings. The van der Waals surface area contributed by atoms with Gasteiger partial charge in [0.05, 0.1) is 0 Å². The van der Waals surface area contributed by atoms with Crippen LogP contribution in [-0.4, -0.2) is 0 Å². The molecule has 0 heterocycles. The van der Waals surface area contributed by atoms with E-state index in [2.05, 4.69) is 133 Å². The Bertz CT molecular complexity index is 1650. The third-order valence-corrected chi connectivity index (χ3v) is 7.05. The van der Waals surface area contributed by atoms with Crippen LogP contribution in [0.2, 0.25) is 0 Å². The molecule has 0 nitrogen and oxygen atoms in total. The van der Waals surface area contributed by atoms with Gasteiger partial charge in [-0.1, -0.05) is 133 Å². The Kier molecular flexibility index (Phi) is 4.25. The quantitative estimate of drug-likeness (QED) is 0.239. The SMILES string of the molecule is c1ccc2c(-c3c4ccccc4c(-c4cccc5ccccc45)c4ccccc34)cccc2c1. The van der Waals surface area contributed by atoms with Gasteiger partial charge in [0.15, 0.2) is 0 Å². The number of rotatable bonds is 2. The summed E-state index contributed by atoms with van der Waals surface area (Å²) >= 11 is 0. The number of hydrogen-bond acceptors (Lipinski definition) is 0. The first-order valence-electron chi connectivity index (χ1n) is 11.8. The molecule has 0 N–H and O–H groups in total. The molecule has 0 bridgehead atoms. The van der Waals surface area contributed by atoms with Crippen LogP contribution in [0.25, 0.3) is 65.3 Å². The smallest absolute Gasteiger partial charge is 0.00201 e. The Morgan fingerprint density at radius 3 is 0.912 bits per heavy atom. The lowest BCUT2D eigenvalue weighted by Gasteiger charge is -2.19. The summed E-state index contributed by atoms with van der Waals surface area (Å²) in [7, 11) is 0. The average molecular weight is 431 g/mol. The lowest BCUT2D eigenvalue weighted by Crippen LogP contribution is -1.92. The first-order valence-corrected chi connectivity index (χ1v) is 11.8. The lowest BCUT2D eigenvalue weighted by atomic mass is 9.84. The first-order chi connectivity index (χ1) is 16.9. The molecule has 0 aliphatic carbocycles. The molecule has 0 aliphatic heterocycles. The molecule has 34 heavy (non-hydrogen) atoms. The van der Waals surface area contributed by atoms with Crippen molar-refractivity contribution >= 4 is 43.1 Å². The van der Waals surface area contributed by atoms with Crippen LogP contribution in [-0.2, 0) is 0 Å². The van der Waals surface area contributed by atoms with E-state index in [-0.39, 0.29) is 0 Å².